The summed E-state index contributed by atoms with van der Waals surface area (Å²) in [5.41, 5.74) is -3.22. The lowest BCUT2D eigenvalue weighted by Crippen LogP contribution is -2.45. The molecule has 0 amide bonds. The fourth-order valence-electron chi connectivity index (χ4n) is 1.97. The lowest BCUT2D eigenvalue weighted by atomic mass is 10.1. The zero-order valence-electron chi connectivity index (χ0n) is 12.4. The first kappa shape index (κ1) is 19.9. The highest BCUT2D eigenvalue weighted by Gasteiger charge is 2.40. The van der Waals surface area contributed by atoms with E-state index in [1.165, 1.54) is 13.8 Å². The van der Waals surface area contributed by atoms with Gasteiger partial charge in [-0.1, -0.05) is 0 Å². The summed E-state index contributed by atoms with van der Waals surface area (Å²) >= 11 is 0. The van der Waals surface area contributed by atoms with E-state index in [0.717, 1.165) is 0 Å². The first-order chi connectivity index (χ1) is 10.4. The van der Waals surface area contributed by atoms with Crippen molar-refractivity contribution in [1.29, 1.82) is 0 Å². The summed E-state index contributed by atoms with van der Waals surface area (Å²) in [6.07, 6.45) is -9.88. The van der Waals surface area contributed by atoms with Crippen molar-refractivity contribution in [3.8, 4) is 0 Å². The molecule has 0 aromatic heterocycles. The number of halogens is 6. The number of benzene rings is 1. The monoisotopic (exact) mass is 362 g/mol. The van der Waals surface area contributed by atoms with E-state index in [2.05, 4.69) is 0 Å². The van der Waals surface area contributed by atoms with Crippen molar-refractivity contribution in [2.45, 2.75) is 32.2 Å². The Kier molecular flexibility index (Phi) is 6.24. The number of alkyl halides is 6. The second kappa shape index (κ2) is 7.20. The van der Waals surface area contributed by atoms with Crippen LogP contribution >= 0.6 is 0 Å². The predicted octanol–water partition coefficient (Wildman–Crippen LogP) is 3.81. The van der Waals surface area contributed by atoms with Crippen LogP contribution in [0, 0.1) is 0 Å². The molecule has 0 saturated carbocycles. The van der Waals surface area contributed by atoms with Crippen LogP contribution in [0.25, 0.3) is 0 Å². The van der Waals surface area contributed by atoms with Crippen molar-refractivity contribution in [2.24, 2.45) is 0 Å². The topological polar surface area (TPSA) is 38.7 Å². The summed E-state index contributed by atoms with van der Waals surface area (Å²) in [4.78, 5) is 10.2. The van der Waals surface area contributed by atoms with Crippen molar-refractivity contribution in [1.82, 2.24) is 0 Å². The highest BCUT2D eigenvalue weighted by atomic mass is 28.4. The Bertz CT molecular complexity index is 491. The molecule has 0 aliphatic carbocycles. The summed E-state index contributed by atoms with van der Waals surface area (Å²) in [6, 6.07) is 0.615. The van der Waals surface area contributed by atoms with Crippen LogP contribution in [0.1, 0.15) is 30.5 Å². The smallest absolute Gasteiger partial charge is 0.389 e. The third kappa shape index (κ3) is 5.79. The highest BCUT2D eigenvalue weighted by molar-refractivity contribution is 6.58. The molecule has 0 heterocycles. The number of rotatable bonds is 6. The largest absolute Gasteiger partial charge is 0.502 e. The van der Waals surface area contributed by atoms with Gasteiger partial charge in [-0.2, -0.15) is 26.3 Å². The normalized spacial score (nSPS) is 13.4. The molecule has 3 nitrogen and oxygen atoms in total. The Morgan fingerprint density at radius 2 is 1.26 bits per heavy atom. The predicted molar refractivity (Wildman–Crippen MR) is 71.4 cm³/mol. The van der Waals surface area contributed by atoms with Gasteiger partial charge in [0, 0.05) is 19.3 Å². The molecule has 0 aliphatic rings. The van der Waals surface area contributed by atoms with Crippen LogP contribution in [0.3, 0.4) is 0 Å². The van der Waals surface area contributed by atoms with Crippen molar-refractivity contribution in [3.05, 3.63) is 34.9 Å². The van der Waals surface area contributed by atoms with Gasteiger partial charge < -0.3 is 13.6 Å². The van der Waals surface area contributed by atoms with E-state index in [1.807, 2.05) is 0 Å². The Morgan fingerprint density at radius 3 is 1.57 bits per heavy atom. The molecule has 132 valence electrons. The quantitative estimate of drug-likeness (QED) is 0.618. The molecule has 10 heteroatoms. The maximum absolute atomic E-state index is 12.8. The van der Waals surface area contributed by atoms with Crippen LogP contribution in [0.5, 0.6) is 0 Å². The van der Waals surface area contributed by atoms with Crippen molar-refractivity contribution in [3.63, 3.8) is 0 Å². The van der Waals surface area contributed by atoms with Gasteiger partial charge in [0.1, 0.15) is 0 Å². The van der Waals surface area contributed by atoms with E-state index in [9.17, 15) is 31.1 Å². The van der Waals surface area contributed by atoms with Gasteiger partial charge in [0.2, 0.25) is 0 Å². The molecule has 0 aliphatic heterocycles. The molecule has 0 saturated heterocycles. The summed E-state index contributed by atoms with van der Waals surface area (Å²) in [7, 11) is -3.89. The van der Waals surface area contributed by atoms with E-state index >= 15 is 0 Å². The molecule has 0 unspecified atom stereocenters. The van der Waals surface area contributed by atoms with E-state index in [1.54, 1.807) is 0 Å². The van der Waals surface area contributed by atoms with Gasteiger partial charge in [0.25, 0.3) is 0 Å². The molecule has 1 rings (SSSR count). The molecular weight excluding hydrogens is 346 g/mol. The zero-order chi connectivity index (χ0) is 17.9. The number of hydrogen-bond donors (Lipinski definition) is 1. The lowest BCUT2D eigenvalue weighted by molar-refractivity contribution is -0.143. The van der Waals surface area contributed by atoms with E-state index in [4.69, 9.17) is 8.85 Å². The first-order valence-electron chi connectivity index (χ1n) is 6.70. The molecule has 1 aromatic rings. The molecule has 0 atom stereocenters. The molecule has 0 spiro atoms. The van der Waals surface area contributed by atoms with Crippen LogP contribution in [0.15, 0.2) is 18.2 Å². The molecule has 0 fully saturated rings. The Morgan fingerprint density at radius 1 is 0.870 bits per heavy atom. The standard InChI is InChI=1S/C13H16F6O3Si/c1-3-21-23(20,22-4-2)8-9-5-10(12(14,15)16)7-11(6-9)13(17,18)19/h5-7,20H,3-4,8H2,1-2H3. The third-order valence-corrected chi connectivity index (χ3v) is 5.15. The average molecular weight is 362 g/mol. The third-order valence-electron chi connectivity index (χ3n) is 2.81. The van der Waals surface area contributed by atoms with Crippen molar-refractivity contribution < 1.29 is 40.0 Å². The first-order valence-corrected chi connectivity index (χ1v) is 8.67. The van der Waals surface area contributed by atoms with Gasteiger partial charge in [-0.05, 0) is 37.6 Å². The highest BCUT2D eigenvalue weighted by Crippen LogP contribution is 2.36. The van der Waals surface area contributed by atoms with Crippen LogP contribution in [-0.2, 0) is 27.2 Å². The number of hydrogen-bond acceptors (Lipinski definition) is 3. The maximum Gasteiger partial charge on any atom is 0.502 e. The maximum atomic E-state index is 12.8. The van der Waals surface area contributed by atoms with Crippen LogP contribution < -0.4 is 0 Å². The van der Waals surface area contributed by atoms with E-state index in [-0.39, 0.29) is 24.8 Å². The summed E-state index contributed by atoms with van der Waals surface area (Å²) in [5.74, 6) is 0. The van der Waals surface area contributed by atoms with Crippen molar-refractivity contribution in [2.75, 3.05) is 13.2 Å². The van der Waals surface area contributed by atoms with Crippen molar-refractivity contribution >= 4 is 8.80 Å². The fraction of sp³-hybridized carbons (Fsp3) is 0.538. The summed E-state index contributed by atoms with van der Waals surface area (Å²) in [6.45, 7) is 3.11. The lowest BCUT2D eigenvalue weighted by Gasteiger charge is -2.24. The summed E-state index contributed by atoms with van der Waals surface area (Å²) in [5, 5.41) is 0. The van der Waals surface area contributed by atoms with Crippen LogP contribution in [-0.4, -0.2) is 26.8 Å². The van der Waals surface area contributed by atoms with E-state index in [0.29, 0.717) is 12.1 Å². The van der Waals surface area contributed by atoms with Gasteiger partial charge in [-0.25, -0.2) is 0 Å². The second-order valence-corrected chi connectivity index (χ2v) is 7.03. The Labute approximate surface area is 130 Å². The average Bonchev–Trinajstić information content (AvgIpc) is 2.36. The molecule has 0 bridgehead atoms. The SMILES string of the molecule is CCO[Si](O)(Cc1cc(C(F)(F)F)cc(C(F)(F)F)c1)OCC. The summed E-state index contributed by atoms with van der Waals surface area (Å²) < 4.78 is 86.8. The fourth-order valence-corrected chi connectivity index (χ4v) is 3.88. The molecular formula is C13H16F6O3Si. The van der Waals surface area contributed by atoms with E-state index < -0.39 is 38.3 Å². The van der Waals surface area contributed by atoms with Gasteiger partial charge in [0.05, 0.1) is 11.1 Å². The molecule has 23 heavy (non-hydrogen) atoms. The van der Waals surface area contributed by atoms with Crippen LogP contribution in [0.2, 0.25) is 0 Å². The van der Waals surface area contributed by atoms with Gasteiger partial charge >= 0.3 is 21.2 Å². The zero-order valence-corrected chi connectivity index (χ0v) is 13.4. The molecule has 1 aromatic carbocycles. The second-order valence-electron chi connectivity index (χ2n) is 4.67. The minimum atomic E-state index is -4.94. The van der Waals surface area contributed by atoms with Gasteiger partial charge in [-0.3, -0.25) is 0 Å². The van der Waals surface area contributed by atoms with Crippen LogP contribution in [0.4, 0.5) is 26.3 Å². The Hall–Kier alpha value is -1.10. The minimum Gasteiger partial charge on any atom is -0.389 e. The molecule has 1 N–H and O–H groups in total. The molecule has 0 radical (unpaired) electrons. The Balaban J connectivity index is 3.29. The van der Waals surface area contributed by atoms with Gasteiger partial charge in [0.15, 0.2) is 0 Å². The minimum absolute atomic E-state index is 0.0216. The van der Waals surface area contributed by atoms with Gasteiger partial charge in [-0.15, -0.1) is 0 Å².